The molecule has 0 aromatic heterocycles. The number of nitrogens with zero attached hydrogens (tertiary/aromatic N) is 1. The first-order valence-corrected chi connectivity index (χ1v) is 11.3. The van der Waals surface area contributed by atoms with Crippen LogP contribution < -0.4 is 10.4 Å². The van der Waals surface area contributed by atoms with Gasteiger partial charge in [0.25, 0.3) is 0 Å². The Morgan fingerprint density at radius 1 is 1.06 bits per heavy atom. The minimum Gasteiger partial charge on any atom is -0.481 e. The number of rotatable bonds is 2. The lowest BCUT2D eigenvalue weighted by molar-refractivity contribution is -0.748. The van der Waals surface area contributed by atoms with Crippen molar-refractivity contribution in [2.24, 2.45) is 5.92 Å². The third-order valence-corrected chi connectivity index (χ3v) is 7.97. The van der Waals surface area contributed by atoms with Gasteiger partial charge in [0.2, 0.25) is 0 Å². The van der Waals surface area contributed by atoms with E-state index in [2.05, 4.69) is 18.2 Å². The third-order valence-electron chi connectivity index (χ3n) is 7.97. The van der Waals surface area contributed by atoms with Gasteiger partial charge >= 0.3 is 12.1 Å². The molecule has 3 atom stereocenters. The third kappa shape index (κ3) is 2.47. The van der Waals surface area contributed by atoms with Crippen LogP contribution in [0.15, 0.2) is 53.3 Å². The van der Waals surface area contributed by atoms with Gasteiger partial charge in [0, 0.05) is 16.4 Å². The van der Waals surface area contributed by atoms with Gasteiger partial charge < -0.3 is 10.2 Å². The van der Waals surface area contributed by atoms with E-state index in [9.17, 15) is 19.8 Å². The van der Waals surface area contributed by atoms with Crippen molar-refractivity contribution < 1.29 is 24.3 Å². The lowest BCUT2D eigenvalue weighted by Gasteiger charge is -2.31. The summed E-state index contributed by atoms with van der Waals surface area (Å²) >= 11 is 0. The molecular weight excluding hydrogens is 390 g/mol. The highest BCUT2D eigenvalue weighted by Gasteiger charge is 2.62. The quantitative estimate of drug-likeness (QED) is 0.720. The highest BCUT2D eigenvalue weighted by atomic mass is 16.4. The molecule has 0 radical (unpaired) electrons. The topological polar surface area (TPSA) is 74.6 Å². The fourth-order valence-corrected chi connectivity index (χ4v) is 6.48. The molecule has 5 aliphatic rings. The molecule has 0 spiro atoms. The first kappa shape index (κ1) is 18.8. The Balaban J connectivity index is 1.65. The molecule has 1 aromatic carbocycles. The zero-order valence-corrected chi connectivity index (χ0v) is 17.4. The van der Waals surface area contributed by atoms with Crippen molar-refractivity contribution in [3.8, 4) is 0 Å². The Morgan fingerprint density at radius 3 is 2.61 bits per heavy atom. The number of carbonyl (C=O) groups is 2. The van der Waals surface area contributed by atoms with Gasteiger partial charge in [-0.1, -0.05) is 37.5 Å². The van der Waals surface area contributed by atoms with Crippen LogP contribution in [0.1, 0.15) is 56.4 Å². The van der Waals surface area contributed by atoms with Gasteiger partial charge in [-0.05, 0) is 60.3 Å². The maximum Gasteiger partial charge on any atom is 0.524 e. The standard InChI is InChI=1S/C26H25NO4/c28-25(29)19-10-5-11-22-21(19)14-24-18-9-4-8-17(15-6-2-1-3-7-15)20(18)12-16-13-23(16)27(22,24)26(30)31/h4-5,8-9,11-13,15,19,23H,1-3,6-7,10,14H2,(H-,28,29,30,31)/p+1/t19-,23?,27?/m0/s1. The first-order valence-electron chi connectivity index (χ1n) is 11.3. The fraction of sp³-hybridized carbons (Fsp3) is 0.385. The molecule has 1 saturated carbocycles. The van der Waals surface area contributed by atoms with Crippen LogP contribution in [-0.2, 0) is 4.79 Å². The van der Waals surface area contributed by atoms with Crippen molar-refractivity contribution in [2.75, 3.05) is 0 Å². The minimum absolute atomic E-state index is 0.246. The maximum absolute atomic E-state index is 13.0. The average Bonchev–Trinajstić information content (AvgIpc) is 3.46. The van der Waals surface area contributed by atoms with E-state index in [1.807, 2.05) is 24.3 Å². The van der Waals surface area contributed by atoms with E-state index < -0.39 is 18.0 Å². The molecule has 2 heterocycles. The van der Waals surface area contributed by atoms with Crippen LogP contribution in [0.5, 0.6) is 0 Å². The molecule has 0 saturated heterocycles. The average molecular weight is 416 g/mol. The molecule has 2 N–H and O–H groups in total. The van der Waals surface area contributed by atoms with Gasteiger partial charge in [-0.25, -0.2) is 0 Å². The zero-order valence-electron chi connectivity index (χ0n) is 17.4. The number of hydrogen-bond donors (Lipinski definition) is 2. The Bertz CT molecular complexity index is 1240. The summed E-state index contributed by atoms with van der Waals surface area (Å²) < 4.78 is -0.275. The molecule has 1 fully saturated rings. The van der Waals surface area contributed by atoms with E-state index in [1.54, 1.807) is 0 Å². The molecule has 1 amide bonds. The largest absolute Gasteiger partial charge is 0.524 e. The molecule has 31 heavy (non-hydrogen) atoms. The van der Waals surface area contributed by atoms with Gasteiger partial charge in [-0.2, -0.15) is 9.28 Å². The zero-order chi connectivity index (χ0) is 21.3. The molecule has 2 unspecified atom stereocenters. The van der Waals surface area contributed by atoms with Crippen LogP contribution in [0.3, 0.4) is 0 Å². The van der Waals surface area contributed by atoms with Crippen molar-refractivity contribution in [1.29, 1.82) is 0 Å². The summed E-state index contributed by atoms with van der Waals surface area (Å²) in [5, 5.41) is 22.6. The molecule has 158 valence electrons. The summed E-state index contributed by atoms with van der Waals surface area (Å²) in [5.41, 5.74) is 4.64. The summed E-state index contributed by atoms with van der Waals surface area (Å²) in [4.78, 5) is 25.0. The van der Waals surface area contributed by atoms with Gasteiger partial charge in [-0.15, -0.1) is 0 Å². The molecule has 2 aliphatic heterocycles. The second-order valence-electron chi connectivity index (χ2n) is 9.47. The van der Waals surface area contributed by atoms with Crippen LogP contribution in [0.25, 0.3) is 11.8 Å². The van der Waals surface area contributed by atoms with Crippen LogP contribution in [0.4, 0.5) is 4.79 Å². The number of allylic oxidation sites excluding steroid dienone is 2. The Kier molecular flexibility index (Phi) is 3.97. The van der Waals surface area contributed by atoms with Crippen LogP contribution in [0, 0.1) is 5.92 Å². The molecule has 1 aromatic rings. The van der Waals surface area contributed by atoms with E-state index in [-0.39, 0.29) is 10.5 Å². The molecule has 0 bridgehead atoms. The number of benzene rings is 1. The van der Waals surface area contributed by atoms with E-state index in [0.717, 1.165) is 27.3 Å². The smallest absolute Gasteiger partial charge is 0.481 e. The number of carboxylic acid groups (broad SMARTS) is 2. The van der Waals surface area contributed by atoms with Crippen molar-refractivity contribution in [1.82, 2.24) is 0 Å². The Morgan fingerprint density at radius 2 is 1.87 bits per heavy atom. The lowest BCUT2D eigenvalue weighted by atomic mass is 9.82. The van der Waals surface area contributed by atoms with Gasteiger partial charge in [-0.3, -0.25) is 4.79 Å². The van der Waals surface area contributed by atoms with Crippen molar-refractivity contribution >= 4 is 23.8 Å². The fourth-order valence-electron chi connectivity index (χ4n) is 6.48. The second-order valence-corrected chi connectivity index (χ2v) is 9.47. The summed E-state index contributed by atoms with van der Waals surface area (Å²) in [5.74, 6) is -1.01. The van der Waals surface area contributed by atoms with Crippen LogP contribution in [0.2, 0.25) is 0 Å². The molecule has 5 nitrogen and oxygen atoms in total. The second kappa shape index (κ2) is 6.54. The first-order chi connectivity index (χ1) is 15.0. The summed E-state index contributed by atoms with van der Waals surface area (Å²) in [7, 11) is 0. The summed E-state index contributed by atoms with van der Waals surface area (Å²) in [6.45, 7) is 0. The maximum atomic E-state index is 13.0. The normalized spacial score (nSPS) is 31.0. The van der Waals surface area contributed by atoms with Crippen molar-refractivity contribution in [2.45, 2.75) is 56.9 Å². The molecule has 3 aliphatic carbocycles. The van der Waals surface area contributed by atoms with E-state index in [0.29, 0.717) is 24.5 Å². The summed E-state index contributed by atoms with van der Waals surface area (Å²) in [6.07, 6.45) is 14.0. The van der Waals surface area contributed by atoms with E-state index in [1.165, 1.54) is 37.7 Å². The molecular formula is C26H26NO4+. The Labute approximate surface area is 180 Å². The monoisotopic (exact) mass is 416 g/mol. The highest BCUT2D eigenvalue weighted by molar-refractivity contribution is 5.81. The van der Waals surface area contributed by atoms with E-state index in [4.69, 9.17) is 0 Å². The van der Waals surface area contributed by atoms with Crippen molar-refractivity contribution in [3.05, 3.63) is 69.3 Å². The number of quaternary nitrogens is 1. The van der Waals surface area contributed by atoms with E-state index >= 15 is 0 Å². The predicted octanol–water partition coefficient (Wildman–Crippen LogP) is 3.76. The number of amides is 1. The Hall–Kier alpha value is -2.92. The SMILES string of the molecule is O=C(O)[C@H]1CC=CC2=C1CC1=c3cccc(C4CCCCC4)c3=CC3=CC3[N+]21C(=O)O. The number of aliphatic carboxylic acids is 1. The molecule has 6 rings (SSSR count). The van der Waals surface area contributed by atoms with Gasteiger partial charge in [0.1, 0.15) is 11.4 Å². The lowest BCUT2D eigenvalue weighted by Crippen LogP contribution is -2.52. The molecule has 5 heteroatoms. The van der Waals surface area contributed by atoms with Gasteiger partial charge in [0.15, 0.2) is 6.04 Å². The number of hydrogen-bond acceptors (Lipinski definition) is 2. The van der Waals surface area contributed by atoms with Crippen LogP contribution in [-0.4, -0.2) is 32.8 Å². The summed E-state index contributed by atoms with van der Waals surface area (Å²) in [6, 6.07) is 6.08. The minimum atomic E-state index is -0.920. The highest BCUT2D eigenvalue weighted by Crippen LogP contribution is 2.54. The number of carboxylic acids is 1. The van der Waals surface area contributed by atoms with Gasteiger partial charge in [0.05, 0.1) is 12.3 Å². The van der Waals surface area contributed by atoms with Crippen LogP contribution >= 0.6 is 0 Å². The predicted molar refractivity (Wildman–Crippen MR) is 116 cm³/mol. The van der Waals surface area contributed by atoms with Crippen molar-refractivity contribution in [3.63, 3.8) is 0 Å². The number of fused-ring (bicyclic) bond motifs is 5.